The average molecular weight is 259 g/mol. The van der Waals surface area contributed by atoms with Crippen molar-refractivity contribution in [2.24, 2.45) is 0 Å². The third-order valence-corrected chi connectivity index (χ3v) is 4.34. The lowest BCUT2D eigenvalue weighted by Crippen LogP contribution is -2.58. The Hall–Kier alpha value is -1.60. The summed E-state index contributed by atoms with van der Waals surface area (Å²) in [6, 6.07) is 6.82. The van der Waals surface area contributed by atoms with Crippen molar-refractivity contribution in [2.75, 3.05) is 11.9 Å². The summed E-state index contributed by atoms with van der Waals surface area (Å²) >= 11 is 0. The SMILES string of the molecule is N#Cc1cc(F)cc(NC2CCNC3(CCC3)C2)c1. The van der Waals surface area contributed by atoms with E-state index in [1.54, 1.807) is 6.07 Å². The smallest absolute Gasteiger partial charge is 0.126 e. The summed E-state index contributed by atoms with van der Waals surface area (Å²) in [6.45, 7) is 1.01. The minimum absolute atomic E-state index is 0.321. The van der Waals surface area contributed by atoms with E-state index in [0.717, 1.165) is 25.1 Å². The van der Waals surface area contributed by atoms with Gasteiger partial charge in [0.1, 0.15) is 5.82 Å². The van der Waals surface area contributed by atoms with Gasteiger partial charge in [-0.05, 0) is 56.8 Å². The minimum atomic E-state index is -0.353. The lowest BCUT2D eigenvalue weighted by atomic mass is 9.70. The highest BCUT2D eigenvalue weighted by Crippen LogP contribution is 2.39. The molecule has 1 aromatic rings. The highest BCUT2D eigenvalue weighted by molar-refractivity contribution is 5.50. The molecule has 1 unspecified atom stereocenters. The van der Waals surface area contributed by atoms with E-state index < -0.39 is 0 Å². The maximum Gasteiger partial charge on any atom is 0.126 e. The molecule has 4 heteroatoms. The van der Waals surface area contributed by atoms with Crippen LogP contribution in [0.1, 0.15) is 37.7 Å². The number of nitriles is 1. The van der Waals surface area contributed by atoms with E-state index in [-0.39, 0.29) is 5.82 Å². The fraction of sp³-hybridized carbons (Fsp3) is 0.533. The normalized spacial score (nSPS) is 24.5. The summed E-state index contributed by atoms with van der Waals surface area (Å²) in [7, 11) is 0. The molecule has 2 aliphatic rings. The molecule has 3 rings (SSSR count). The molecule has 0 aromatic heterocycles. The van der Waals surface area contributed by atoms with Crippen molar-refractivity contribution >= 4 is 5.69 Å². The van der Waals surface area contributed by atoms with Crippen LogP contribution in [0.15, 0.2) is 18.2 Å². The summed E-state index contributed by atoms with van der Waals surface area (Å²) < 4.78 is 13.4. The van der Waals surface area contributed by atoms with Crippen molar-refractivity contribution in [1.82, 2.24) is 5.32 Å². The third-order valence-electron chi connectivity index (χ3n) is 4.34. The Morgan fingerprint density at radius 2 is 2.21 bits per heavy atom. The van der Waals surface area contributed by atoms with Gasteiger partial charge in [0.05, 0.1) is 11.6 Å². The van der Waals surface area contributed by atoms with Gasteiger partial charge in [0.25, 0.3) is 0 Å². The average Bonchev–Trinajstić information content (AvgIpc) is 2.36. The molecular formula is C15H18FN3. The minimum Gasteiger partial charge on any atom is -0.382 e. The van der Waals surface area contributed by atoms with E-state index in [4.69, 9.17) is 5.26 Å². The number of benzene rings is 1. The largest absolute Gasteiger partial charge is 0.382 e. The molecular weight excluding hydrogens is 241 g/mol. The molecule has 100 valence electrons. The Labute approximate surface area is 112 Å². The Morgan fingerprint density at radius 3 is 2.89 bits per heavy atom. The van der Waals surface area contributed by atoms with E-state index in [1.807, 2.05) is 6.07 Å². The molecule has 1 saturated heterocycles. The number of hydrogen-bond donors (Lipinski definition) is 2. The van der Waals surface area contributed by atoms with Gasteiger partial charge in [-0.15, -0.1) is 0 Å². The summed E-state index contributed by atoms with van der Waals surface area (Å²) in [5.74, 6) is -0.353. The topological polar surface area (TPSA) is 47.9 Å². The molecule has 1 aliphatic carbocycles. The second-order valence-corrected chi connectivity index (χ2v) is 5.74. The number of anilines is 1. The van der Waals surface area contributed by atoms with Crippen LogP contribution in [-0.2, 0) is 0 Å². The molecule has 1 saturated carbocycles. The van der Waals surface area contributed by atoms with Gasteiger partial charge < -0.3 is 10.6 Å². The molecule has 2 N–H and O–H groups in total. The maximum atomic E-state index is 13.4. The van der Waals surface area contributed by atoms with E-state index in [9.17, 15) is 4.39 Å². The summed E-state index contributed by atoms with van der Waals surface area (Å²) in [5, 5.41) is 15.9. The predicted octanol–water partition coefficient (Wildman–Crippen LogP) is 2.78. The standard InChI is InChI=1S/C15H18FN3/c16-12-6-11(10-17)7-14(8-12)19-13-2-5-18-15(9-13)3-1-4-15/h6-8,13,18-19H,1-5,9H2. The predicted molar refractivity (Wildman–Crippen MR) is 72.3 cm³/mol. The van der Waals surface area contributed by atoms with Crippen molar-refractivity contribution < 1.29 is 4.39 Å². The first-order valence-corrected chi connectivity index (χ1v) is 6.91. The molecule has 1 aliphatic heterocycles. The Morgan fingerprint density at radius 1 is 1.37 bits per heavy atom. The quantitative estimate of drug-likeness (QED) is 0.858. The first-order valence-electron chi connectivity index (χ1n) is 6.91. The van der Waals surface area contributed by atoms with Crippen LogP contribution in [0, 0.1) is 17.1 Å². The van der Waals surface area contributed by atoms with Gasteiger partial charge in [-0.1, -0.05) is 0 Å². The molecule has 19 heavy (non-hydrogen) atoms. The van der Waals surface area contributed by atoms with Gasteiger partial charge in [0.15, 0.2) is 0 Å². The van der Waals surface area contributed by atoms with Gasteiger partial charge in [-0.2, -0.15) is 5.26 Å². The zero-order chi connectivity index (χ0) is 13.3. The second kappa shape index (κ2) is 4.82. The second-order valence-electron chi connectivity index (χ2n) is 5.74. The molecule has 1 spiro atoms. The summed E-state index contributed by atoms with van der Waals surface area (Å²) in [6.07, 6.45) is 5.93. The first kappa shape index (κ1) is 12.4. The van der Waals surface area contributed by atoms with E-state index in [1.165, 1.54) is 31.4 Å². The highest BCUT2D eigenvalue weighted by Gasteiger charge is 2.40. The number of piperidine rings is 1. The Kier molecular flexibility index (Phi) is 3.16. The fourth-order valence-corrected chi connectivity index (χ4v) is 3.24. The Balaban J connectivity index is 1.71. The number of nitrogens with one attached hydrogen (secondary N) is 2. The van der Waals surface area contributed by atoms with Crippen molar-refractivity contribution in [2.45, 2.75) is 43.7 Å². The van der Waals surface area contributed by atoms with Gasteiger partial charge in [-0.25, -0.2) is 4.39 Å². The number of rotatable bonds is 2. The van der Waals surface area contributed by atoms with Crippen molar-refractivity contribution in [3.05, 3.63) is 29.6 Å². The lowest BCUT2D eigenvalue weighted by Gasteiger charge is -2.48. The van der Waals surface area contributed by atoms with E-state index in [0.29, 0.717) is 17.1 Å². The van der Waals surface area contributed by atoms with Gasteiger partial charge >= 0.3 is 0 Å². The van der Waals surface area contributed by atoms with E-state index in [2.05, 4.69) is 10.6 Å². The van der Waals surface area contributed by atoms with Gasteiger partial charge in [0.2, 0.25) is 0 Å². The zero-order valence-electron chi connectivity index (χ0n) is 10.9. The molecule has 1 atom stereocenters. The molecule has 2 fully saturated rings. The van der Waals surface area contributed by atoms with Crippen LogP contribution in [0.25, 0.3) is 0 Å². The highest BCUT2D eigenvalue weighted by atomic mass is 19.1. The fourth-order valence-electron chi connectivity index (χ4n) is 3.24. The lowest BCUT2D eigenvalue weighted by molar-refractivity contribution is 0.135. The summed E-state index contributed by atoms with van der Waals surface area (Å²) in [5.41, 5.74) is 1.41. The van der Waals surface area contributed by atoms with Crippen LogP contribution in [0.5, 0.6) is 0 Å². The van der Waals surface area contributed by atoms with Crippen LogP contribution in [-0.4, -0.2) is 18.1 Å². The maximum absolute atomic E-state index is 13.4. The van der Waals surface area contributed by atoms with Gasteiger partial charge in [0, 0.05) is 17.3 Å². The number of halogens is 1. The Bertz CT molecular complexity index is 517. The third kappa shape index (κ3) is 2.57. The molecule has 1 aromatic carbocycles. The summed E-state index contributed by atoms with van der Waals surface area (Å²) in [4.78, 5) is 0. The van der Waals surface area contributed by atoms with Crippen LogP contribution in [0.2, 0.25) is 0 Å². The van der Waals surface area contributed by atoms with Crippen LogP contribution < -0.4 is 10.6 Å². The van der Waals surface area contributed by atoms with Crippen molar-refractivity contribution in [3.8, 4) is 6.07 Å². The monoisotopic (exact) mass is 259 g/mol. The first-order chi connectivity index (χ1) is 9.19. The number of hydrogen-bond acceptors (Lipinski definition) is 3. The van der Waals surface area contributed by atoms with Crippen LogP contribution >= 0.6 is 0 Å². The molecule has 0 amide bonds. The number of nitrogens with zero attached hydrogens (tertiary/aromatic N) is 1. The molecule has 1 heterocycles. The van der Waals surface area contributed by atoms with Crippen molar-refractivity contribution in [3.63, 3.8) is 0 Å². The van der Waals surface area contributed by atoms with Gasteiger partial charge in [-0.3, -0.25) is 0 Å². The van der Waals surface area contributed by atoms with E-state index >= 15 is 0 Å². The molecule has 3 nitrogen and oxygen atoms in total. The van der Waals surface area contributed by atoms with Crippen LogP contribution in [0.3, 0.4) is 0 Å². The zero-order valence-corrected chi connectivity index (χ0v) is 10.9. The van der Waals surface area contributed by atoms with Crippen LogP contribution in [0.4, 0.5) is 10.1 Å². The molecule has 0 radical (unpaired) electrons. The molecule has 0 bridgehead atoms. The van der Waals surface area contributed by atoms with Crippen molar-refractivity contribution in [1.29, 1.82) is 5.26 Å².